The summed E-state index contributed by atoms with van der Waals surface area (Å²) >= 11 is 0. The smallest absolute Gasteiger partial charge is 0.376 e. The van der Waals surface area contributed by atoms with Crippen LogP contribution >= 0.6 is 0 Å². The molecule has 37 heavy (non-hydrogen) atoms. The van der Waals surface area contributed by atoms with Crippen LogP contribution in [-0.2, 0) is 10.3 Å². The lowest BCUT2D eigenvalue weighted by molar-refractivity contribution is -0.0592. The molecular weight excluding hydrogens is 468 g/mol. The summed E-state index contributed by atoms with van der Waals surface area (Å²) in [4.78, 5) is 30.3. The van der Waals surface area contributed by atoms with Gasteiger partial charge in [0, 0.05) is 30.2 Å². The van der Waals surface area contributed by atoms with E-state index in [4.69, 9.17) is 9.26 Å². The number of nitrogens with zero attached hydrogens (tertiary/aromatic N) is 3. The number of carbonyl (C=O) groups excluding carboxylic acids is 1. The van der Waals surface area contributed by atoms with Crippen LogP contribution in [0.3, 0.4) is 0 Å². The van der Waals surface area contributed by atoms with E-state index in [0.29, 0.717) is 17.4 Å². The first-order valence-corrected chi connectivity index (χ1v) is 12.9. The number of anilines is 1. The third-order valence-electron chi connectivity index (χ3n) is 8.18. The number of amides is 1. The fourth-order valence-corrected chi connectivity index (χ4v) is 6.10. The average Bonchev–Trinajstić information content (AvgIpc) is 3.19. The number of ether oxygens (including phenoxy) is 1. The van der Waals surface area contributed by atoms with Crippen LogP contribution in [0, 0.1) is 5.92 Å². The molecule has 0 radical (unpaired) electrons. The minimum atomic E-state index is -0.654. The molecule has 1 aliphatic carbocycles. The normalized spacial score (nSPS) is 24.8. The lowest BCUT2D eigenvalue weighted by atomic mass is 9.83. The zero-order valence-electron chi connectivity index (χ0n) is 21.7. The predicted octanol–water partition coefficient (Wildman–Crippen LogP) is 5.05. The molecule has 4 aromatic rings. The Kier molecular flexibility index (Phi) is 5.42. The summed E-state index contributed by atoms with van der Waals surface area (Å²) in [7, 11) is 1.79. The molecule has 3 heterocycles. The number of carbonyl (C=O) groups is 1. The van der Waals surface area contributed by atoms with Crippen molar-refractivity contribution in [2.45, 2.75) is 57.1 Å². The Morgan fingerprint density at radius 2 is 1.89 bits per heavy atom. The second-order valence-electron chi connectivity index (χ2n) is 11.2. The lowest BCUT2D eigenvalue weighted by Crippen LogP contribution is -2.33. The minimum absolute atomic E-state index is 0.125. The van der Waals surface area contributed by atoms with Crippen molar-refractivity contribution < 1.29 is 14.1 Å². The zero-order chi connectivity index (χ0) is 25.9. The van der Waals surface area contributed by atoms with Crippen molar-refractivity contribution in [2.24, 2.45) is 5.92 Å². The number of fused-ring (bicyclic) bond motifs is 1. The molecule has 0 bridgehead atoms. The molecule has 0 spiro atoms. The topological polar surface area (TPSA) is 93.4 Å². The maximum Gasteiger partial charge on any atom is 0.438 e. The Hall–Kier alpha value is -3.65. The predicted molar refractivity (Wildman–Crippen MR) is 141 cm³/mol. The van der Waals surface area contributed by atoms with Crippen LogP contribution in [0.5, 0.6) is 0 Å². The van der Waals surface area contributed by atoms with E-state index in [1.165, 1.54) is 5.56 Å². The molecule has 0 unspecified atom stereocenters. The van der Waals surface area contributed by atoms with E-state index in [1.807, 2.05) is 36.4 Å². The number of hydrogen-bond donors (Lipinski definition) is 1. The lowest BCUT2D eigenvalue weighted by Gasteiger charge is -2.35. The molecule has 8 nitrogen and oxygen atoms in total. The van der Waals surface area contributed by atoms with Crippen LogP contribution in [0.4, 0.5) is 5.69 Å². The summed E-state index contributed by atoms with van der Waals surface area (Å²) in [5, 5.41) is 5.07. The molecule has 1 saturated heterocycles. The Balaban J connectivity index is 1.51. The highest BCUT2D eigenvalue weighted by Gasteiger charge is 2.59. The summed E-state index contributed by atoms with van der Waals surface area (Å²) in [6.45, 7) is 7.12. The number of aromatic nitrogens is 3. The SMILES string of the molecule is C[C@H]1C[C@]1(c1noc(=O)[nH]1)n1c(C(=O)N(C)c2ccccc2)cc2cc([C@@H]3CCOC(C)(C)C3)ccc21. The average molecular weight is 501 g/mol. The van der Waals surface area contributed by atoms with Crippen LogP contribution in [0.2, 0.25) is 0 Å². The Bertz CT molecular complexity index is 1530. The molecule has 192 valence electrons. The van der Waals surface area contributed by atoms with Gasteiger partial charge >= 0.3 is 5.76 Å². The van der Waals surface area contributed by atoms with Gasteiger partial charge in [-0.25, -0.2) is 4.79 Å². The Morgan fingerprint density at radius 3 is 2.54 bits per heavy atom. The third-order valence-corrected chi connectivity index (χ3v) is 8.18. The fraction of sp³-hybridized carbons (Fsp3) is 0.414. The summed E-state index contributed by atoms with van der Waals surface area (Å²) in [6.07, 6.45) is 2.66. The van der Waals surface area contributed by atoms with Gasteiger partial charge in [-0.1, -0.05) is 36.3 Å². The van der Waals surface area contributed by atoms with Gasteiger partial charge in [0.25, 0.3) is 5.91 Å². The van der Waals surface area contributed by atoms with Crippen molar-refractivity contribution in [3.63, 3.8) is 0 Å². The van der Waals surface area contributed by atoms with Crippen LogP contribution in [-0.4, -0.2) is 39.9 Å². The van der Waals surface area contributed by atoms with Gasteiger partial charge in [-0.15, -0.1) is 0 Å². The van der Waals surface area contributed by atoms with Crippen molar-refractivity contribution in [1.82, 2.24) is 14.7 Å². The maximum absolute atomic E-state index is 14.0. The number of benzene rings is 2. The van der Waals surface area contributed by atoms with Crippen molar-refractivity contribution in [1.29, 1.82) is 0 Å². The van der Waals surface area contributed by atoms with Gasteiger partial charge in [0.2, 0.25) is 0 Å². The van der Waals surface area contributed by atoms with Crippen LogP contribution in [0.25, 0.3) is 10.9 Å². The Labute approximate surface area is 215 Å². The molecule has 6 rings (SSSR count). The van der Waals surface area contributed by atoms with E-state index in [-0.39, 0.29) is 17.4 Å². The van der Waals surface area contributed by atoms with Crippen molar-refractivity contribution in [2.75, 3.05) is 18.6 Å². The van der Waals surface area contributed by atoms with Crippen LogP contribution < -0.4 is 10.7 Å². The number of nitrogens with one attached hydrogen (secondary N) is 1. The van der Waals surface area contributed by atoms with Crippen molar-refractivity contribution in [3.05, 3.63) is 82.2 Å². The molecule has 2 fully saturated rings. The van der Waals surface area contributed by atoms with Gasteiger partial charge in [-0.3, -0.25) is 14.3 Å². The highest BCUT2D eigenvalue weighted by molar-refractivity contribution is 6.08. The first-order valence-electron chi connectivity index (χ1n) is 12.9. The molecule has 3 atom stereocenters. The molecule has 1 saturated carbocycles. The molecule has 8 heteroatoms. The van der Waals surface area contributed by atoms with Crippen molar-refractivity contribution in [3.8, 4) is 0 Å². The standard InChI is InChI=1S/C29H32N4O4/c1-18-16-29(18,26-30-27(35)37-31-26)33-23-11-10-19(20-12-13-36-28(2,3)17-20)14-21(23)15-24(33)25(34)32(4)22-8-6-5-7-9-22/h5-11,14-15,18,20H,12-13,16-17H2,1-4H3,(H,30,31,35)/t18-,20+,29-/m0/s1. The van der Waals surface area contributed by atoms with Gasteiger partial charge in [-0.2, -0.15) is 0 Å². The fourth-order valence-electron chi connectivity index (χ4n) is 6.10. The van der Waals surface area contributed by atoms with Crippen LogP contribution in [0.15, 0.2) is 63.9 Å². The molecule has 2 aliphatic rings. The van der Waals surface area contributed by atoms with E-state index in [1.54, 1.807) is 11.9 Å². The molecule has 1 N–H and O–H groups in total. The van der Waals surface area contributed by atoms with Gasteiger partial charge in [0.1, 0.15) is 11.2 Å². The second-order valence-corrected chi connectivity index (χ2v) is 11.2. The number of hydrogen-bond acceptors (Lipinski definition) is 5. The van der Waals surface area contributed by atoms with Gasteiger partial charge in [0.05, 0.1) is 5.60 Å². The third kappa shape index (κ3) is 3.91. The number of rotatable bonds is 5. The molecular formula is C29H32N4O4. The number of para-hydroxylation sites is 1. The van der Waals surface area contributed by atoms with E-state index in [0.717, 1.165) is 42.5 Å². The minimum Gasteiger partial charge on any atom is -0.376 e. The maximum atomic E-state index is 14.0. The zero-order valence-corrected chi connectivity index (χ0v) is 21.7. The summed E-state index contributed by atoms with van der Waals surface area (Å²) in [5.41, 5.74) is 2.74. The molecule has 2 aromatic carbocycles. The summed E-state index contributed by atoms with van der Waals surface area (Å²) in [6, 6.07) is 18.1. The largest absolute Gasteiger partial charge is 0.438 e. The van der Waals surface area contributed by atoms with Gasteiger partial charge in [0.15, 0.2) is 5.82 Å². The number of H-pyrrole nitrogens is 1. The first-order chi connectivity index (χ1) is 17.7. The summed E-state index contributed by atoms with van der Waals surface area (Å²) in [5.74, 6) is 0.287. The van der Waals surface area contributed by atoms with E-state index >= 15 is 0 Å². The van der Waals surface area contributed by atoms with E-state index in [9.17, 15) is 9.59 Å². The van der Waals surface area contributed by atoms with Crippen molar-refractivity contribution >= 4 is 22.5 Å². The van der Waals surface area contributed by atoms with Gasteiger partial charge < -0.3 is 14.2 Å². The highest BCUT2D eigenvalue weighted by atomic mass is 16.5. The molecule has 1 aliphatic heterocycles. The molecule has 1 amide bonds. The highest BCUT2D eigenvalue weighted by Crippen LogP contribution is 2.56. The quantitative estimate of drug-likeness (QED) is 0.414. The Morgan fingerprint density at radius 1 is 1.14 bits per heavy atom. The summed E-state index contributed by atoms with van der Waals surface area (Å²) < 4.78 is 12.9. The number of aromatic amines is 1. The van der Waals surface area contributed by atoms with Gasteiger partial charge in [-0.05, 0) is 80.8 Å². The monoisotopic (exact) mass is 500 g/mol. The van der Waals surface area contributed by atoms with Crippen LogP contribution in [0.1, 0.15) is 67.8 Å². The van der Waals surface area contributed by atoms with E-state index in [2.05, 4.69) is 53.7 Å². The second kappa shape index (κ2) is 8.45. The van der Waals surface area contributed by atoms with E-state index < -0.39 is 11.3 Å². The first kappa shape index (κ1) is 23.7. The molecule has 2 aromatic heterocycles.